The normalized spacial score (nSPS) is 20.7. The largest absolute Gasteiger partial charge is 0.487 e. The van der Waals surface area contributed by atoms with Gasteiger partial charge in [0.15, 0.2) is 17.7 Å². The van der Waals surface area contributed by atoms with Crippen molar-refractivity contribution in [2.75, 3.05) is 39.1 Å². The average molecular weight is 569 g/mol. The number of fused-ring (bicyclic) bond motifs is 1. The van der Waals surface area contributed by atoms with Crippen LogP contribution >= 0.6 is 0 Å². The standard InChI is InChI=1S/C26H36N10O5/c1-39-10-9-35-13-18(33-34-35)14-40-19-5-3-17(4-6-19)11-28-7-2-8-29-12-20-22(37)23(38)26(41-20)36-16-32-21-24(27)30-15-31-25(21)36/h3-6,13,15-16,20,22-23,26,28-29,37-38H,2,7-12,14H2,1H3,(H2,27,30,31)/t20-,22-,23-,26-/m1/s1. The Morgan fingerprint density at radius 3 is 2.73 bits per heavy atom. The Bertz CT molecular complexity index is 1380. The van der Waals surface area contributed by atoms with Crippen LogP contribution in [0.1, 0.15) is 23.9 Å². The molecule has 15 nitrogen and oxygen atoms in total. The summed E-state index contributed by atoms with van der Waals surface area (Å²) >= 11 is 0. The summed E-state index contributed by atoms with van der Waals surface area (Å²) < 4.78 is 20.1. The number of nitrogens with one attached hydrogen (secondary N) is 2. The predicted molar refractivity (Wildman–Crippen MR) is 148 cm³/mol. The Hall–Kier alpha value is -3.73. The van der Waals surface area contributed by atoms with Crippen LogP contribution in [0.2, 0.25) is 0 Å². The van der Waals surface area contributed by atoms with Crippen LogP contribution in [0.4, 0.5) is 5.82 Å². The molecule has 1 aliphatic rings. The first-order chi connectivity index (χ1) is 20.0. The van der Waals surface area contributed by atoms with Gasteiger partial charge in [-0.15, -0.1) is 5.10 Å². The molecule has 3 aromatic heterocycles. The molecular formula is C26H36N10O5. The van der Waals surface area contributed by atoms with E-state index in [0.717, 1.165) is 43.1 Å². The van der Waals surface area contributed by atoms with Crippen molar-refractivity contribution >= 4 is 17.0 Å². The second-order valence-corrected chi connectivity index (χ2v) is 9.76. The molecule has 0 spiro atoms. The number of anilines is 1. The Kier molecular flexibility index (Phi) is 9.66. The molecule has 0 radical (unpaired) electrons. The molecule has 15 heteroatoms. The minimum absolute atomic E-state index is 0.243. The number of nitrogens with two attached hydrogens (primary N) is 1. The molecule has 6 N–H and O–H groups in total. The fourth-order valence-corrected chi connectivity index (χ4v) is 4.56. The molecule has 0 bridgehead atoms. The first-order valence-electron chi connectivity index (χ1n) is 13.5. The SMILES string of the molecule is COCCn1cc(COc2ccc(CNCCCNC[C@H]3O[C@@H](n4cnc5c(N)ncnc54)[C@H](O)[C@@H]3O)cc2)nn1. The number of hydrogen-bond acceptors (Lipinski definition) is 13. The van der Waals surface area contributed by atoms with Crippen LogP contribution in [0, 0.1) is 0 Å². The van der Waals surface area contributed by atoms with E-state index in [-0.39, 0.29) is 5.82 Å². The maximum absolute atomic E-state index is 10.6. The molecule has 4 atom stereocenters. The van der Waals surface area contributed by atoms with Gasteiger partial charge in [-0.2, -0.15) is 0 Å². The maximum atomic E-state index is 10.6. The van der Waals surface area contributed by atoms with Crippen LogP contribution in [-0.4, -0.2) is 96.4 Å². The van der Waals surface area contributed by atoms with Crippen molar-refractivity contribution in [3.05, 3.63) is 54.4 Å². The number of hydrogen-bond donors (Lipinski definition) is 5. The minimum atomic E-state index is -1.13. The summed E-state index contributed by atoms with van der Waals surface area (Å²) in [7, 11) is 1.65. The highest BCUT2D eigenvalue weighted by molar-refractivity contribution is 5.81. The number of aromatic nitrogens is 7. The van der Waals surface area contributed by atoms with Crippen LogP contribution in [0.5, 0.6) is 5.75 Å². The number of aliphatic hydroxyl groups excluding tert-OH is 2. The van der Waals surface area contributed by atoms with Gasteiger partial charge in [0.05, 0.1) is 25.7 Å². The summed E-state index contributed by atoms with van der Waals surface area (Å²) in [6.07, 6.45) is 1.96. The zero-order valence-electron chi connectivity index (χ0n) is 22.8. The molecule has 4 aromatic rings. The molecule has 1 aromatic carbocycles. The van der Waals surface area contributed by atoms with Crippen LogP contribution in [0.15, 0.2) is 43.1 Å². The lowest BCUT2D eigenvalue weighted by Gasteiger charge is -2.16. The molecular weight excluding hydrogens is 532 g/mol. The van der Waals surface area contributed by atoms with E-state index in [1.54, 1.807) is 16.4 Å². The number of nitrogen functional groups attached to an aromatic ring is 1. The Labute approximate surface area is 236 Å². The molecule has 220 valence electrons. The molecule has 41 heavy (non-hydrogen) atoms. The number of methoxy groups -OCH3 is 1. The third kappa shape index (κ3) is 7.13. The van der Waals surface area contributed by atoms with Crippen molar-refractivity contribution in [1.82, 2.24) is 45.1 Å². The second-order valence-electron chi connectivity index (χ2n) is 9.76. The lowest BCUT2D eigenvalue weighted by atomic mass is 10.1. The summed E-state index contributed by atoms with van der Waals surface area (Å²) in [6.45, 7) is 4.25. The number of aliphatic hydroxyl groups is 2. The van der Waals surface area contributed by atoms with Crippen molar-refractivity contribution in [2.24, 2.45) is 0 Å². The average Bonchev–Trinajstić information content (AvgIpc) is 3.70. The molecule has 0 saturated carbocycles. The van der Waals surface area contributed by atoms with E-state index >= 15 is 0 Å². The third-order valence-electron chi connectivity index (χ3n) is 6.80. The monoisotopic (exact) mass is 568 g/mol. The van der Waals surface area contributed by atoms with Crippen molar-refractivity contribution in [3.8, 4) is 5.75 Å². The Morgan fingerprint density at radius 2 is 1.90 bits per heavy atom. The molecule has 4 heterocycles. The fourth-order valence-electron chi connectivity index (χ4n) is 4.56. The van der Waals surface area contributed by atoms with Crippen LogP contribution in [-0.2, 0) is 29.2 Å². The lowest BCUT2D eigenvalue weighted by molar-refractivity contribution is -0.0341. The van der Waals surface area contributed by atoms with Crippen LogP contribution in [0.25, 0.3) is 11.2 Å². The second kappa shape index (κ2) is 13.8. The highest BCUT2D eigenvalue weighted by Crippen LogP contribution is 2.31. The highest BCUT2D eigenvalue weighted by Gasteiger charge is 2.44. The third-order valence-corrected chi connectivity index (χ3v) is 6.80. The van der Waals surface area contributed by atoms with Gasteiger partial charge in [0.1, 0.15) is 48.2 Å². The van der Waals surface area contributed by atoms with Crippen molar-refractivity contribution in [2.45, 2.75) is 50.7 Å². The number of rotatable bonds is 15. The zero-order chi connectivity index (χ0) is 28.6. The van der Waals surface area contributed by atoms with Crippen LogP contribution < -0.4 is 21.1 Å². The van der Waals surface area contributed by atoms with E-state index in [4.69, 9.17) is 19.9 Å². The lowest BCUT2D eigenvalue weighted by Crippen LogP contribution is -2.38. The van der Waals surface area contributed by atoms with Crippen LogP contribution in [0.3, 0.4) is 0 Å². The summed E-state index contributed by atoms with van der Waals surface area (Å²) in [5.74, 6) is 1.01. The summed E-state index contributed by atoms with van der Waals surface area (Å²) in [5.41, 5.74) is 8.62. The molecule has 1 fully saturated rings. The van der Waals surface area contributed by atoms with Gasteiger partial charge in [-0.25, -0.2) is 19.6 Å². The van der Waals surface area contributed by atoms with Crippen molar-refractivity contribution in [1.29, 1.82) is 0 Å². The Balaban J connectivity index is 0.968. The molecule has 0 amide bonds. The topological polar surface area (TPSA) is 193 Å². The number of nitrogens with zero attached hydrogens (tertiary/aromatic N) is 7. The number of imidazole rings is 1. The van der Waals surface area contributed by atoms with Gasteiger partial charge in [0, 0.05) is 20.2 Å². The van der Waals surface area contributed by atoms with Gasteiger partial charge < -0.3 is 40.8 Å². The van der Waals surface area contributed by atoms with Gasteiger partial charge in [-0.1, -0.05) is 17.3 Å². The summed E-state index contributed by atoms with van der Waals surface area (Å²) in [5, 5.41) is 36.0. The van der Waals surface area contributed by atoms with Gasteiger partial charge in [-0.05, 0) is 37.2 Å². The first-order valence-corrected chi connectivity index (χ1v) is 13.5. The van der Waals surface area contributed by atoms with Gasteiger partial charge in [-0.3, -0.25) is 4.57 Å². The van der Waals surface area contributed by atoms with E-state index in [0.29, 0.717) is 37.5 Å². The zero-order valence-corrected chi connectivity index (χ0v) is 22.8. The molecule has 0 aliphatic carbocycles. The van der Waals surface area contributed by atoms with E-state index in [2.05, 4.69) is 35.9 Å². The minimum Gasteiger partial charge on any atom is -0.487 e. The smallest absolute Gasteiger partial charge is 0.167 e. The predicted octanol–water partition coefficient (Wildman–Crippen LogP) is -0.386. The van der Waals surface area contributed by atoms with Crippen molar-refractivity contribution in [3.63, 3.8) is 0 Å². The quantitative estimate of drug-likeness (QED) is 0.117. The van der Waals surface area contributed by atoms with E-state index in [1.165, 1.54) is 12.7 Å². The first kappa shape index (κ1) is 28.8. The van der Waals surface area contributed by atoms with Gasteiger partial charge >= 0.3 is 0 Å². The summed E-state index contributed by atoms with van der Waals surface area (Å²) in [4.78, 5) is 12.3. The molecule has 0 unspecified atom stereocenters. The number of benzene rings is 1. The maximum Gasteiger partial charge on any atom is 0.167 e. The summed E-state index contributed by atoms with van der Waals surface area (Å²) in [6, 6.07) is 7.94. The Morgan fingerprint density at radius 1 is 1.07 bits per heavy atom. The molecule has 1 aliphatic heterocycles. The van der Waals surface area contributed by atoms with E-state index in [9.17, 15) is 10.2 Å². The van der Waals surface area contributed by atoms with Gasteiger partial charge in [0.25, 0.3) is 0 Å². The highest BCUT2D eigenvalue weighted by atomic mass is 16.6. The van der Waals surface area contributed by atoms with Gasteiger partial charge in [0.2, 0.25) is 0 Å². The number of ether oxygens (including phenoxy) is 3. The molecule has 1 saturated heterocycles. The van der Waals surface area contributed by atoms with E-state index < -0.39 is 24.5 Å². The van der Waals surface area contributed by atoms with Crippen molar-refractivity contribution < 1.29 is 24.4 Å². The fraction of sp³-hybridized carbons (Fsp3) is 0.500. The van der Waals surface area contributed by atoms with E-state index in [1.807, 2.05) is 30.5 Å². The molecule has 5 rings (SSSR count).